The SMILES string of the molecule is CCCCCCCCCn1c(COc2ccccc2OC)nc2ccccc21. The summed E-state index contributed by atoms with van der Waals surface area (Å²) in [5, 5.41) is 0. The monoisotopic (exact) mass is 380 g/mol. The molecule has 0 amide bonds. The molecule has 0 saturated heterocycles. The fourth-order valence-electron chi connectivity index (χ4n) is 3.59. The number of nitrogens with zero attached hydrogens (tertiary/aromatic N) is 2. The second-order valence-corrected chi connectivity index (χ2v) is 7.23. The summed E-state index contributed by atoms with van der Waals surface area (Å²) in [6.45, 7) is 3.68. The van der Waals surface area contributed by atoms with Crippen LogP contribution >= 0.6 is 0 Å². The summed E-state index contributed by atoms with van der Waals surface area (Å²) in [5.41, 5.74) is 2.22. The zero-order valence-electron chi connectivity index (χ0n) is 17.2. The molecule has 0 aliphatic carbocycles. The van der Waals surface area contributed by atoms with Crippen molar-refractivity contribution < 1.29 is 9.47 Å². The van der Waals surface area contributed by atoms with Crippen LogP contribution in [-0.2, 0) is 13.2 Å². The largest absolute Gasteiger partial charge is 0.493 e. The number of unbranched alkanes of at least 4 members (excludes halogenated alkanes) is 6. The average Bonchev–Trinajstić information content (AvgIpc) is 3.09. The van der Waals surface area contributed by atoms with E-state index < -0.39 is 0 Å². The van der Waals surface area contributed by atoms with Gasteiger partial charge in [-0.2, -0.15) is 0 Å². The van der Waals surface area contributed by atoms with Crippen LogP contribution < -0.4 is 9.47 Å². The molecule has 0 fully saturated rings. The van der Waals surface area contributed by atoms with Gasteiger partial charge in [0.25, 0.3) is 0 Å². The topological polar surface area (TPSA) is 36.3 Å². The highest BCUT2D eigenvalue weighted by Gasteiger charge is 2.12. The molecule has 0 radical (unpaired) electrons. The molecule has 0 N–H and O–H groups in total. The van der Waals surface area contributed by atoms with Crippen LogP contribution in [0, 0.1) is 0 Å². The second-order valence-electron chi connectivity index (χ2n) is 7.23. The molecule has 0 aliphatic heterocycles. The van der Waals surface area contributed by atoms with E-state index in [0.717, 1.165) is 29.4 Å². The number of rotatable bonds is 12. The lowest BCUT2D eigenvalue weighted by molar-refractivity contribution is 0.271. The van der Waals surface area contributed by atoms with Gasteiger partial charge < -0.3 is 14.0 Å². The summed E-state index contributed by atoms with van der Waals surface area (Å²) in [4.78, 5) is 4.82. The van der Waals surface area contributed by atoms with Gasteiger partial charge in [-0.25, -0.2) is 4.98 Å². The van der Waals surface area contributed by atoms with Crippen molar-refractivity contribution in [3.63, 3.8) is 0 Å². The number of para-hydroxylation sites is 4. The van der Waals surface area contributed by atoms with Crippen molar-refractivity contribution in [2.24, 2.45) is 0 Å². The molecule has 2 aromatic carbocycles. The number of imidazole rings is 1. The Morgan fingerprint density at radius 2 is 1.50 bits per heavy atom. The number of benzene rings is 2. The Balaban J connectivity index is 1.65. The average molecular weight is 381 g/mol. The molecule has 1 aromatic heterocycles. The summed E-state index contributed by atoms with van der Waals surface area (Å²) in [7, 11) is 1.66. The summed E-state index contributed by atoms with van der Waals surface area (Å²) in [5.74, 6) is 2.47. The fraction of sp³-hybridized carbons (Fsp3) is 0.458. The maximum absolute atomic E-state index is 6.05. The highest BCUT2D eigenvalue weighted by molar-refractivity contribution is 5.75. The zero-order chi connectivity index (χ0) is 19.6. The third-order valence-corrected chi connectivity index (χ3v) is 5.14. The summed E-state index contributed by atoms with van der Waals surface area (Å²) < 4.78 is 13.8. The van der Waals surface area contributed by atoms with E-state index in [9.17, 15) is 0 Å². The van der Waals surface area contributed by atoms with Crippen LogP contribution in [-0.4, -0.2) is 16.7 Å². The number of fused-ring (bicyclic) bond motifs is 1. The minimum atomic E-state index is 0.436. The first-order valence-electron chi connectivity index (χ1n) is 10.5. The van der Waals surface area contributed by atoms with Crippen LogP contribution in [0.5, 0.6) is 11.5 Å². The van der Waals surface area contributed by atoms with Crippen LogP contribution in [0.1, 0.15) is 57.7 Å². The smallest absolute Gasteiger partial charge is 0.161 e. The predicted molar refractivity (Wildman–Crippen MR) is 115 cm³/mol. The highest BCUT2D eigenvalue weighted by Crippen LogP contribution is 2.27. The number of aromatic nitrogens is 2. The Kier molecular flexibility index (Phi) is 7.77. The normalized spacial score (nSPS) is 11.1. The molecule has 0 aliphatic rings. The predicted octanol–water partition coefficient (Wildman–Crippen LogP) is 6.37. The van der Waals surface area contributed by atoms with Gasteiger partial charge in [-0.1, -0.05) is 69.7 Å². The van der Waals surface area contributed by atoms with Gasteiger partial charge in [-0.15, -0.1) is 0 Å². The van der Waals surface area contributed by atoms with E-state index in [2.05, 4.69) is 29.7 Å². The van der Waals surface area contributed by atoms with E-state index in [1.54, 1.807) is 7.11 Å². The van der Waals surface area contributed by atoms with Crippen LogP contribution in [0.4, 0.5) is 0 Å². The first kappa shape index (κ1) is 20.2. The van der Waals surface area contributed by atoms with Crippen LogP contribution in [0.2, 0.25) is 0 Å². The number of aryl methyl sites for hydroxylation is 1. The van der Waals surface area contributed by atoms with Gasteiger partial charge >= 0.3 is 0 Å². The maximum Gasteiger partial charge on any atom is 0.161 e. The van der Waals surface area contributed by atoms with Crippen LogP contribution in [0.15, 0.2) is 48.5 Å². The lowest BCUT2D eigenvalue weighted by Gasteiger charge is -2.12. The summed E-state index contributed by atoms with van der Waals surface area (Å²) in [6, 6.07) is 16.1. The number of hydrogen-bond acceptors (Lipinski definition) is 3. The van der Waals surface area contributed by atoms with Crippen molar-refractivity contribution in [2.75, 3.05) is 7.11 Å². The van der Waals surface area contributed by atoms with Gasteiger partial charge in [0.15, 0.2) is 11.5 Å². The molecule has 3 aromatic rings. The number of hydrogen-bond donors (Lipinski definition) is 0. The van der Waals surface area contributed by atoms with Crippen molar-refractivity contribution >= 4 is 11.0 Å². The molecule has 0 saturated carbocycles. The van der Waals surface area contributed by atoms with Gasteiger partial charge in [-0.05, 0) is 30.7 Å². The summed E-state index contributed by atoms with van der Waals surface area (Å²) >= 11 is 0. The van der Waals surface area contributed by atoms with Crippen molar-refractivity contribution in [2.45, 2.75) is 65.0 Å². The minimum absolute atomic E-state index is 0.436. The van der Waals surface area contributed by atoms with Gasteiger partial charge in [0.05, 0.1) is 18.1 Å². The Morgan fingerprint density at radius 1 is 0.821 bits per heavy atom. The Morgan fingerprint density at radius 3 is 2.29 bits per heavy atom. The molecular weight excluding hydrogens is 348 g/mol. The first-order valence-corrected chi connectivity index (χ1v) is 10.5. The quantitative estimate of drug-likeness (QED) is 0.342. The van der Waals surface area contributed by atoms with E-state index in [0.29, 0.717) is 6.61 Å². The third-order valence-electron chi connectivity index (χ3n) is 5.14. The van der Waals surface area contributed by atoms with Crippen LogP contribution in [0.3, 0.4) is 0 Å². The molecule has 150 valence electrons. The van der Waals surface area contributed by atoms with Crippen molar-refractivity contribution in [1.82, 2.24) is 9.55 Å². The van der Waals surface area contributed by atoms with E-state index in [1.165, 1.54) is 50.5 Å². The molecule has 1 heterocycles. The molecule has 0 unspecified atom stereocenters. The molecule has 4 nitrogen and oxygen atoms in total. The highest BCUT2D eigenvalue weighted by atomic mass is 16.5. The van der Waals surface area contributed by atoms with Gasteiger partial charge in [0.2, 0.25) is 0 Å². The fourth-order valence-corrected chi connectivity index (χ4v) is 3.59. The maximum atomic E-state index is 6.05. The minimum Gasteiger partial charge on any atom is -0.493 e. The van der Waals surface area contributed by atoms with E-state index in [1.807, 2.05) is 30.3 Å². The van der Waals surface area contributed by atoms with E-state index in [4.69, 9.17) is 14.5 Å². The molecule has 0 spiro atoms. The summed E-state index contributed by atoms with van der Waals surface area (Å²) in [6.07, 6.45) is 9.13. The zero-order valence-corrected chi connectivity index (χ0v) is 17.2. The van der Waals surface area contributed by atoms with Crippen molar-refractivity contribution in [3.8, 4) is 11.5 Å². The van der Waals surface area contributed by atoms with E-state index in [-0.39, 0.29) is 0 Å². The molecule has 0 atom stereocenters. The standard InChI is InChI=1S/C24H32N2O2/c1-3-4-5-6-7-8-13-18-26-21-15-10-9-14-20(21)25-24(26)19-28-23-17-12-11-16-22(23)27-2/h9-12,14-17H,3-8,13,18-19H2,1-2H3. The Hall–Kier alpha value is -2.49. The van der Waals surface area contributed by atoms with E-state index >= 15 is 0 Å². The van der Waals surface area contributed by atoms with Crippen molar-refractivity contribution in [1.29, 1.82) is 0 Å². The Bertz CT molecular complexity index is 857. The van der Waals surface area contributed by atoms with Crippen molar-refractivity contribution in [3.05, 3.63) is 54.4 Å². The molecule has 0 bridgehead atoms. The lowest BCUT2D eigenvalue weighted by atomic mass is 10.1. The van der Waals surface area contributed by atoms with Gasteiger partial charge in [-0.3, -0.25) is 0 Å². The van der Waals surface area contributed by atoms with Gasteiger partial charge in [0.1, 0.15) is 12.4 Å². The number of ether oxygens (including phenoxy) is 2. The van der Waals surface area contributed by atoms with Crippen LogP contribution in [0.25, 0.3) is 11.0 Å². The molecular formula is C24H32N2O2. The molecule has 4 heteroatoms. The number of methoxy groups -OCH3 is 1. The third kappa shape index (κ3) is 5.28. The Labute approximate surface area is 168 Å². The van der Waals surface area contributed by atoms with Gasteiger partial charge in [0, 0.05) is 6.54 Å². The molecule has 3 rings (SSSR count). The lowest BCUT2D eigenvalue weighted by Crippen LogP contribution is -2.08. The molecule has 28 heavy (non-hydrogen) atoms. The first-order chi connectivity index (χ1) is 13.8. The second kappa shape index (κ2) is 10.7.